The van der Waals surface area contributed by atoms with Gasteiger partial charge in [-0.15, -0.1) is 0 Å². The van der Waals surface area contributed by atoms with Crippen molar-refractivity contribution in [3.05, 3.63) is 0 Å². The number of rotatable bonds is 6. The van der Waals surface area contributed by atoms with Crippen LogP contribution in [0, 0.1) is 11.8 Å². The van der Waals surface area contributed by atoms with Gasteiger partial charge in [-0.25, -0.2) is 0 Å². The van der Waals surface area contributed by atoms with Crippen LogP contribution in [0.3, 0.4) is 0 Å². The van der Waals surface area contributed by atoms with Gasteiger partial charge in [0, 0.05) is 12.3 Å². The van der Waals surface area contributed by atoms with E-state index >= 15 is 0 Å². The monoisotopic (exact) mass is 246 g/mol. The quantitative estimate of drug-likeness (QED) is 0.723. The van der Waals surface area contributed by atoms with Crippen LogP contribution in [0.5, 0.6) is 0 Å². The lowest BCUT2D eigenvalue weighted by molar-refractivity contribution is -0.203. The molecule has 0 aromatic carbocycles. The van der Waals surface area contributed by atoms with E-state index in [1.807, 2.05) is 0 Å². The van der Waals surface area contributed by atoms with Crippen molar-refractivity contribution in [2.45, 2.75) is 58.8 Å². The Bertz CT molecular complexity index is 206. The summed E-state index contributed by atoms with van der Waals surface area (Å²) in [6.45, 7) is 9.59. The van der Waals surface area contributed by atoms with Crippen molar-refractivity contribution in [3.63, 3.8) is 0 Å². The van der Waals surface area contributed by atoms with Crippen LogP contribution in [0.4, 0.5) is 0 Å². The van der Waals surface area contributed by atoms with Gasteiger partial charge in [0.15, 0.2) is 5.79 Å². The van der Waals surface area contributed by atoms with E-state index in [-0.39, 0.29) is 11.9 Å². The Labute approximate surface area is 105 Å². The standard InChI is InChI=1S/C13H26O2S/c1-10(2)5-7-13(11(3)4)14-9-12(15-13)6-8-16/h10-12,16H,5-9H2,1-4H3. The van der Waals surface area contributed by atoms with Crippen LogP contribution in [-0.4, -0.2) is 24.3 Å². The van der Waals surface area contributed by atoms with Crippen molar-refractivity contribution in [1.82, 2.24) is 0 Å². The molecule has 1 aliphatic heterocycles. The molecule has 1 rings (SSSR count). The summed E-state index contributed by atoms with van der Waals surface area (Å²) in [5.74, 6) is 1.65. The summed E-state index contributed by atoms with van der Waals surface area (Å²) in [4.78, 5) is 0. The van der Waals surface area contributed by atoms with Gasteiger partial charge in [0.05, 0.1) is 12.7 Å². The SMILES string of the molecule is CC(C)CCC1(C(C)C)OCC(CCS)O1. The average molecular weight is 246 g/mol. The maximum absolute atomic E-state index is 6.13. The van der Waals surface area contributed by atoms with Crippen LogP contribution in [0.1, 0.15) is 47.0 Å². The zero-order valence-electron chi connectivity index (χ0n) is 11.0. The molecule has 1 aliphatic rings. The van der Waals surface area contributed by atoms with E-state index < -0.39 is 0 Å². The molecule has 0 aromatic rings. The first-order valence-electron chi connectivity index (χ1n) is 6.43. The number of ether oxygens (including phenoxy) is 2. The van der Waals surface area contributed by atoms with Gasteiger partial charge in [-0.05, 0) is 24.5 Å². The Balaban J connectivity index is 2.54. The molecule has 16 heavy (non-hydrogen) atoms. The summed E-state index contributed by atoms with van der Waals surface area (Å²) in [7, 11) is 0. The lowest BCUT2D eigenvalue weighted by atomic mass is 9.94. The van der Waals surface area contributed by atoms with Gasteiger partial charge in [0.1, 0.15) is 0 Å². The molecule has 3 heteroatoms. The smallest absolute Gasteiger partial charge is 0.171 e. The third kappa shape index (κ3) is 3.64. The van der Waals surface area contributed by atoms with E-state index in [4.69, 9.17) is 9.47 Å². The van der Waals surface area contributed by atoms with Gasteiger partial charge in [0.2, 0.25) is 0 Å². The molecular weight excluding hydrogens is 220 g/mol. The van der Waals surface area contributed by atoms with E-state index in [1.54, 1.807) is 0 Å². The molecule has 1 fully saturated rings. The first-order chi connectivity index (χ1) is 7.50. The van der Waals surface area contributed by atoms with Crippen LogP contribution in [-0.2, 0) is 9.47 Å². The molecule has 2 unspecified atom stereocenters. The van der Waals surface area contributed by atoms with E-state index in [0.29, 0.717) is 11.8 Å². The highest BCUT2D eigenvalue weighted by Gasteiger charge is 2.43. The molecule has 0 aromatic heterocycles. The fourth-order valence-corrected chi connectivity index (χ4v) is 2.37. The van der Waals surface area contributed by atoms with E-state index in [0.717, 1.165) is 31.6 Å². The molecule has 0 spiro atoms. The predicted octanol–water partition coefficient (Wildman–Crippen LogP) is 3.51. The second-order valence-corrected chi connectivity index (χ2v) is 5.91. The Kier molecular flexibility index (Phi) is 5.62. The van der Waals surface area contributed by atoms with E-state index in [1.165, 1.54) is 0 Å². The first-order valence-corrected chi connectivity index (χ1v) is 7.06. The van der Waals surface area contributed by atoms with Crippen LogP contribution in [0.25, 0.3) is 0 Å². The summed E-state index contributed by atoms with van der Waals surface area (Å²) in [6.07, 6.45) is 3.39. The Hall–Kier alpha value is 0.270. The molecule has 96 valence electrons. The predicted molar refractivity (Wildman–Crippen MR) is 70.9 cm³/mol. The van der Waals surface area contributed by atoms with Gasteiger partial charge >= 0.3 is 0 Å². The fraction of sp³-hybridized carbons (Fsp3) is 1.00. The number of thiol groups is 1. The molecule has 0 N–H and O–H groups in total. The van der Waals surface area contributed by atoms with Gasteiger partial charge in [-0.3, -0.25) is 0 Å². The van der Waals surface area contributed by atoms with Crippen LogP contribution >= 0.6 is 12.6 Å². The number of hydrogen-bond donors (Lipinski definition) is 1. The Morgan fingerprint density at radius 2 is 2.00 bits per heavy atom. The maximum Gasteiger partial charge on any atom is 0.171 e. The molecule has 2 nitrogen and oxygen atoms in total. The molecule has 0 saturated carbocycles. The molecule has 1 heterocycles. The van der Waals surface area contributed by atoms with Crippen molar-refractivity contribution in [2.24, 2.45) is 11.8 Å². The normalized spacial score (nSPS) is 30.6. The lowest BCUT2D eigenvalue weighted by Gasteiger charge is -2.32. The molecule has 2 atom stereocenters. The van der Waals surface area contributed by atoms with Crippen molar-refractivity contribution < 1.29 is 9.47 Å². The molecule has 0 radical (unpaired) electrons. The van der Waals surface area contributed by atoms with Gasteiger partial charge in [-0.2, -0.15) is 12.6 Å². The van der Waals surface area contributed by atoms with E-state index in [9.17, 15) is 0 Å². The number of hydrogen-bond acceptors (Lipinski definition) is 3. The highest BCUT2D eigenvalue weighted by atomic mass is 32.1. The summed E-state index contributed by atoms with van der Waals surface area (Å²) in [5, 5.41) is 0. The Morgan fingerprint density at radius 3 is 2.50 bits per heavy atom. The van der Waals surface area contributed by atoms with Crippen molar-refractivity contribution in [2.75, 3.05) is 12.4 Å². The van der Waals surface area contributed by atoms with Crippen LogP contribution in [0.15, 0.2) is 0 Å². The highest BCUT2D eigenvalue weighted by Crippen LogP contribution is 2.37. The van der Waals surface area contributed by atoms with Gasteiger partial charge < -0.3 is 9.47 Å². The molecule has 1 saturated heterocycles. The Morgan fingerprint density at radius 1 is 1.31 bits per heavy atom. The summed E-state index contributed by atoms with van der Waals surface area (Å²) < 4.78 is 12.1. The minimum Gasteiger partial charge on any atom is -0.347 e. The van der Waals surface area contributed by atoms with Crippen LogP contribution in [0.2, 0.25) is 0 Å². The van der Waals surface area contributed by atoms with Crippen molar-refractivity contribution in [3.8, 4) is 0 Å². The average Bonchev–Trinajstić information content (AvgIpc) is 2.61. The molecule has 0 aliphatic carbocycles. The highest BCUT2D eigenvalue weighted by molar-refractivity contribution is 7.80. The van der Waals surface area contributed by atoms with Gasteiger partial charge in [-0.1, -0.05) is 27.7 Å². The minimum absolute atomic E-state index is 0.243. The first kappa shape index (κ1) is 14.3. The summed E-state index contributed by atoms with van der Waals surface area (Å²) in [6, 6.07) is 0. The fourth-order valence-electron chi connectivity index (χ4n) is 2.08. The summed E-state index contributed by atoms with van der Waals surface area (Å²) in [5.41, 5.74) is 0. The molecule has 0 amide bonds. The molecular formula is C13H26O2S. The third-order valence-electron chi connectivity index (χ3n) is 3.28. The topological polar surface area (TPSA) is 18.5 Å². The lowest BCUT2D eigenvalue weighted by Crippen LogP contribution is -2.37. The zero-order chi connectivity index (χ0) is 12.2. The largest absolute Gasteiger partial charge is 0.347 e. The minimum atomic E-state index is -0.335. The maximum atomic E-state index is 6.13. The van der Waals surface area contributed by atoms with Gasteiger partial charge in [0.25, 0.3) is 0 Å². The van der Waals surface area contributed by atoms with E-state index in [2.05, 4.69) is 40.3 Å². The summed E-state index contributed by atoms with van der Waals surface area (Å²) >= 11 is 4.25. The van der Waals surface area contributed by atoms with Crippen molar-refractivity contribution in [1.29, 1.82) is 0 Å². The second-order valence-electron chi connectivity index (χ2n) is 5.46. The van der Waals surface area contributed by atoms with Crippen molar-refractivity contribution >= 4 is 12.6 Å². The third-order valence-corrected chi connectivity index (χ3v) is 3.54. The second kappa shape index (κ2) is 6.27. The van der Waals surface area contributed by atoms with Crippen LogP contribution < -0.4 is 0 Å². The molecule has 0 bridgehead atoms. The zero-order valence-corrected chi connectivity index (χ0v) is 11.9.